The van der Waals surface area contributed by atoms with E-state index in [1.807, 2.05) is 46.8 Å². The highest BCUT2D eigenvalue weighted by molar-refractivity contribution is 8.00. The molecule has 0 aromatic rings. The lowest BCUT2D eigenvalue weighted by molar-refractivity contribution is -0.161. The van der Waals surface area contributed by atoms with Crippen LogP contribution in [0, 0.1) is 46.8 Å². The first-order valence-corrected chi connectivity index (χ1v) is 40.7. The topological polar surface area (TPSA) is 279 Å². The Morgan fingerprint density at radius 2 is 1.32 bits per heavy atom. The molecule has 1 spiro atoms. The molecule has 25 nitrogen and oxygen atoms in total. The van der Waals surface area contributed by atoms with Crippen molar-refractivity contribution >= 4 is 82.6 Å². The summed E-state index contributed by atoms with van der Waals surface area (Å²) in [5.41, 5.74) is -2.00. The van der Waals surface area contributed by atoms with Crippen molar-refractivity contribution in [1.82, 2.24) is 60.0 Å². The Hall–Kier alpha value is -6.31. The maximum atomic E-state index is 15.9. The zero-order valence-corrected chi connectivity index (χ0v) is 67.4. The van der Waals surface area contributed by atoms with Crippen LogP contribution in [0.1, 0.15) is 210 Å². The number of nitrogens with one attached hydrogen (secondary N) is 3. The molecule has 2 bridgehead atoms. The molecular weight excluding hydrogens is 1360 g/mol. The van der Waals surface area contributed by atoms with Crippen LogP contribution in [-0.2, 0) is 62.3 Å². The molecular formula is C79H130N12O13S. The highest BCUT2D eigenvalue weighted by atomic mass is 32.2. The minimum Gasteiger partial charge on any atom is -0.377 e. The monoisotopic (exact) mass is 1490 g/mol. The summed E-state index contributed by atoms with van der Waals surface area (Å²) in [6.07, 6.45) is 15.1. The maximum absolute atomic E-state index is 15.9. The van der Waals surface area contributed by atoms with Gasteiger partial charge in [-0.3, -0.25) is 57.5 Å². The molecule has 4 aliphatic heterocycles. The van der Waals surface area contributed by atoms with Crippen LogP contribution in [0.5, 0.6) is 0 Å². The lowest BCUT2D eigenvalue weighted by atomic mass is 9.58. The van der Waals surface area contributed by atoms with Gasteiger partial charge in [0.25, 0.3) is 0 Å². The van der Waals surface area contributed by atoms with Crippen LogP contribution in [-0.4, -0.2) is 275 Å². The molecule has 26 heteroatoms. The molecule has 105 heavy (non-hydrogen) atoms. The fraction of sp³-hybridized carbons (Fsp3) is 0.823. The predicted octanol–water partition coefficient (Wildman–Crippen LogP) is 6.49. The van der Waals surface area contributed by atoms with Crippen LogP contribution in [0.15, 0.2) is 12.2 Å². The second-order valence-corrected chi connectivity index (χ2v) is 35.6. The molecule has 0 aromatic carbocycles. The number of carbonyl (C=O) groups is 12. The first-order valence-electron chi connectivity index (χ1n) is 39.8. The van der Waals surface area contributed by atoms with Gasteiger partial charge in [0.05, 0.1) is 25.6 Å². The van der Waals surface area contributed by atoms with E-state index < -0.39 is 162 Å². The first kappa shape index (κ1) is 84.3. The highest BCUT2D eigenvalue weighted by Gasteiger charge is 2.59. The summed E-state index contributed by atoms with van der Waals surface area (Å²) in [4.78, 5) is 195. The molecule has 15 atom stereocenters. The van der Waals surface area contributed by atoms with Crippen molar-refractivity contribution in [2.24, 2.45) is 46.8 Å². The Bertz CT molecular complexity index is 3150. The number of ether oxygens (including phenoxy) is 1. The van der Waals surface area contributed by atoms with E-state index in [2.05, 4.69) is 48.5 Å². The van der Waals surface area contributed by atoms with E-state index in [1.165, 1.54) is 88.5 Å². The van der Waals surface area contributed by atoms with Gasteiger partial charge in [-0.05, 0) is 137 Å². The average Bonchev–Trinajstić information content (AvgIpc) is 1.36. The lowest BCUT2D eigenvalue weighted by Gasteiger charge is -2.54. The molecule has 8 rings (SSSR count). The SMILES string of the molecule is CCC[C@H]1C(=O)N[C@@H]([C@@H](C)CC)C(=O)N(C)CC(=O)N(C)[C@H]2C/C=C\CCN(C2=O)[C@@H](CC2CCC(C)CC2)C(=O)N(C)CC(=O)N[C@@H](CCC2CCC3SC(C)C(C)C3C2)C(=O)N2C[C@H](OCC)C[C@H]2C(=O)NC2(CC(C)(C)C2)C(=O)N(C)[C@@H](C2CCCC2)C(=O)N(C)[C@H](C(=O)N(C)C)CC(=O)N1C. The lowest BCUT2D eigenvalue weighted by Crippen LogP contribution is -2.71. The molecule has 0 radical (unpaired) electrons. The van der Waals surface area contributed by atoms with Gasteiger partial charge in [-0.2, -0.15) is 11.8 Å². The molecule has 3 saturated heterocycles. The van der Waals surface area contributed by atoms with Crippen molar-refractivity contribution in [3.63, 3.8) is 0 Å². The number of rotatable bonds is 13. The largest absolute Gasteiger partial charge is 0.377 e. The summed E-state index contributed by atoms with van der Waals surface area (Å²) in [7, 11) is 12.0. The van der Waals surface area contributed by atoms with E-state index >= 15 is 33.6 Å². The first-order chi connectivity index (χ1) is 49.6. The summed E-state index contributed by atoms with van der Waals surface area (Å²) >= 11 is 2.06. The maximum Gasteiger partial charge on any atom is 0.248 e. The molecule has 12 amide bonds. The summed E-state index contributed by atoms with van der Waals surface area (Å²) in [6, 6.07) is -9.31. The third-order valence-electron chi connectivity index (χ3n) is 25.4. The third kappa shape index (κ3) is 20.0. The molecule has 4 saturated carbocycles. The van der Waals surface area contributed by atoms with E-state index in [-0.39, 0.29) is 76.0 Å². The van der Waals surface area contributed by atoms with Gasteiger partial charge in [0.2, 0.25) is 70.9 Å². The molecule has 4 aliphatic carbocycles. The fourth-order valence-corrected chi connectivity index (χ4v) is 20.6. The molecule has 5 unspecified atom stereocenters. The van der Waals surface area contributed by atoms with Crippen molar-refractivity contribution in [2.75, 3.05) is 89.2 Å². The summed E-state index contributed by atoms with van der Waals surface area (Å²) in [5, 5.41) is 10.3. The van der Waals surface area contributed by atoms with Crippen LogP contribution in [0.2, 0.25) is 0 Å². The Morgan fingerprint density at radius 1 is 0.667 bits per heavy atom. The van der Waals surface area contributed by atoms with Crippen LogP contribution in [0.4, 0.5) is 0 Å². The predicted molar refractivity (Wildman–Crippen MR) is 404 cm³/mol. The van der Waals surface area contributed by atoms with E-state index in [0.29, 0.717) is 73.2 Å². The zero-order chi connectivity index (χ0) is 77.3. The fourth-order valence-electron chi connectivity index (χ4n) is 18.8. The number of hydrogen-bond donors (Lipinski definition) is 3. The Labute approximate surface area is 630 Å². The number of fused-ring (bicyclic) bond motifs is 4. The molecule has 0 aromatic heterocycles. The number of carbonyl (C=O) groups excluding carboxylic acids is 12. The Morgan fingerprint density at radius 3 is 1.95 bits per heavy atom. The van der Waals surface area contributed by atoms with Gasteiger partial charge in [0.15, 0.2) is 0 Å². The molecule has 4 heterocycles. The second kappa shape index (κ2) is 36.7. The van der Waals surface area contributed by atoms with Gasteiger partial charge in [-0.1, -0.05) is 119 Å². The standard InChI is InChI=1S/C79H130N12O13S/c1-18-26-58-69(95)81-67(49(5)19-2)75(101)85(13)45-66(94)87(15)59-29-22-21-25-38-90(74(59)100)62(40-53-32-30-48(4)31-33-53)73(99)84(12)44-64(92)80-57(36-34-52-35-37-63-56(39-52)50(6)51(7)105-63)71(97)91-43-55(104-20-3)41-60(91)70(96)82-79(46-78(8,9)47-79)77(103)89(17)68(54-27-23-24-28-54)76(102)88(16)61(72(98)83(10)11)42-65(93)86(58)14/h21-22,48-63,67-68H,18-20,23-47H2,1-17H3,(H,80,92)(H,81,95)(H,82,96)/b22-21-/t48?,49-,50?,51?,52?,53?,55+,56?,57-,58-,59-,60-,61-,62-,63?,67-,68-/m0/s1. The zero-order valence-electron chi connectivity index (χ0n) is 66.6. The number of hydrogen-bond acceptors (Lipinski definition) is 14. The summed E-state index contributed by atoms with van der Waals surface area (Å²) < 4.78 is 6.23. The van der Waals surface area contributed by atoms with Crippen LogP contribution in [0.3, 0.4) is 0 Å². The molecule has 590 valence electrons. The third-order valence-corrected chi connectivity index (χ3v) is 27.2. The summed E-state index contributed by atoms with van der Waals surface area (Å²) in [5.74, 6) is -5.74. The van der Waals surface area contributed by atoms with Gasteiger partial charge in [-0.15, -0.1) is 0 Å². The van der Waals surface area contributed by atoms with Crippen molar-refractivity contribution < 1.29 is 62.3 Å². The van der Waals surface area contributed by atoms with Gasteiger partial charge in [0, 0.05) is 93.0 Å². The van der Waals surface area contributed by atoms with E-state index in [4.69, 9.17) is 4.74 Å². The quantitative estimate of drug-likeness (QED) is 0.166. The Balaban J connectivity index is 1.20. The number of amides is 12. The highest BCUT2D eigenvalue weighted by Crippen LogP contribution is 2.52. The van der Waals surface area contributed by atoms with Crippen molar-refractivity contribution in [1.29, 1.82) is 0 Å². The van der Waals surface area contributed by atoms with Crippen molar-refractivity contribution in [2.45, 2.75) is 280 Å². The van der Waals surface area contributed by atoms with Crippen LogP contribution >= 0.6 is 11.8 Å². The Kier molecular flexibility index (Phi) is 29.5. The molecule has 3 N–H and O–H groups in total. The van der Waals surface area contributed by atoms with Crippen molar-refractivity contribution in [3.05, 3.63) is 12.2 Å². The summed E-state index contributed by atoms with van der Waals surface area (Å²) in [6.45, 7) is 17.7. The van der Waals surface area contributed by atoms with Crippen molar-refractivity contribution in [3.8, 4) is 0 Å². The van der Waals surface area contributed by atoms with Crippen LogP contribution in [0.25, 0.3) is 0 Å². The minimum absolute atomic E-state index is 0.0137. The second-order valence-electron chi connectivity index (χ2n) is 34.0. The minimum atomic E-state index is -1.55. The smallest absolute Gasteiger partial charge is 0.248 e. The molecule has 7 fully saturated rings. The number of thioether (sulfide) groups is 1. The normalized spacial score (nSPS) is 33.9. The number of nitrogens with zero attached hydrogens (tertiary/aromatic N) is 9. The van der Waals surface area contributed by atoms with Crippen LogP contribution < -0.4 is 16.0 Å². The van der Waals surface area contributed by atoms with Gasteiger partial charge in [-0.25, -0.2) is 0 Å². The van der Waals surface area contributed by atoms with E-state index in [9.17, 15) is 24.0 Å². The van der Waals surface area contributed by atoms with Gasteiger partial charge < -0.3 is 64.8 Å². The number of likely N-dealkylation sites (N-methyl/N-ethyl adjacent to an activating group) is 7. The van der Waals surface area contributed by atoms with Gasteiger partial charge >= 0.3 is 0 Å². The average molecular weight is 1490 g/mol. The molecule has 8 aliphatic rings. The van der Waals surface area contributed by atoms with E-state index in [1.54, 1.807) is 18.9 Å². The van der Waals surface area contributed by atoms with E-state index in [0.717, 1.165) is 57.8 Å². The van der Waals surface area contributed by atoms with Gasteiger partial charge in [0.1, 0.15) is 53.9 Å².